The average Bonchev–Trinajstić information content (AvgIpc) is 3.15. The van der Waals surface area contributed by atoms with E-state index in [9.17, 15) is 4.79 Å². The second-order valence-electron chi connectivity index (χ2n) is 5.63. The minimum atomic E-state index is 0.238. The van der Waals surface area contributed by atoms with E-state index in [-0.39, 0.29) is 5.91 Å². The number of likely N-dealkylation sites (tertiary alicyclic amines) is 1. The number of nitrogens with zero attached hydrogens (tertiary/aromatic N) is 4. The Kier molecular flexibility index (Phi) is 3.77. The number of amides is 1. The molecule has 6 heteroatoms. The van der Waals surface area contributed by atoms with Gasteiger partial charge >= 0.3 is 0 Å². The zero-order valence-corrected chi connectivity index (χ0v) is 12.1. The lowest BCUT2D eigenvalue weighted by Gasteiger charge is -2.30. The molecule has 1 unspecified atom stereocenters. The van der Waals surface area contributed by atoms with E-state index in [2.05, 4.69) is 21.7 Å². The first-order chi connectivity index (χ1) is 9.24. The number of carbonyl (C=O) groups is 1. The number of hydrogen-bond acceptors (Lipinski definition) is 4. The van der Waals surface area contributed by atoms with Crippen molar-refractivity contribution < 1.29 is 4.79 Å². The van der Waals surface area contributed by atoms with E-state index in [4.69, 9.17) is 0 Å². The van der Waals surface area contributed by atoms with E-state index in [1.54, 1.807) is 6.33 Å². The van der Waals surface area contributed by atoms with Gasteiger partial charge in [-0.3, -0.25) is 4.79 Å². The predicted molar refractivity (Wildman–Crippen MR) is 74.0 cm³/mol. The molecule has 0 bridgehead atoms. The van der Waals surface area contributed by atoms with Crippen LogP contribution in [0.1, 0.15) is 38.6 Å². The summed E-state index contributed by atoms with van der Waals surface area (Å²) in [5.74, 6) is 1.36. The molecule has 1 saturated heterocycles. The van der Waals surface area contributed by atoms with Gasteiger partial charge in [-0.1, -0.05) is 18.7 Å². The number of piperidine rings is 1. The Morgan fingerprint density at radius 2 is 2.32 bits per heavy atom. The van der Waals surface area contributed by atoms with E-state index < -0.39 is 0 Å². The van der Waals surface area contributed by atoms with E-state index >= 15 is 0 Å². The maximum atomic E-state index is 12.2. The Morgan fingerprint density at radius 1 is 1.47 bits per heavy atom. The second-order valence-corrected chi connectivity index (χ2v) is 6.57. The molecule has 2 aliphatic rings. The molecule has 0 N–H and O–H groups in total. The maximum Gasteiger partial charge on any atom is 0.233 e. The lowest BCUT2D eigenvalue weighted by molar-refractivity contribution is -0.130. The molecule has 2 heterocycles. The molecule has 0 spiro atoms. The number of aromatic nitrogens is 3. The van der Waals surface area contributed by atoms with E-state index in [0.717, 1.165) is 24.7 Å². The summed E-state index contributed by atoms with van der Waals surface area (Å²) in [6, 6.07) is 0.572. The highest BCUT2D eigenvalue weighted by molar-refractivity contribution is 7.99. The standard InChI is InChI=1S/C13H20N4OS/c1-10-3-2-6-16(7-10)12(18)8-19-13-15-14-9-17(13)11-4-5-11/h9-11H,2-8H2,1H3. The fourth-order valence-electron chi connectivity index (χ4n) is 2.57. The highest BCUT2D eigenvalue weighted by Gasteiger charge is 2.27. The highest BCUT2D eigenvalue weighted by atomic mass is 32.2. The van der Waals surface area contributed by atoms with Gasteiger partial charge in [0.1, 0.15) is 6.33 Å². The maximum absolute atomic E-state index is 12.2. The molecule has 1 saturated carbocycles. The van der Waals surface area contributed by atoms with Crippen molar-refractivity contribution in [3.63, 3.8) is 0 Å². The first-order valence-corrected chi connectivity index (χ1v) is 8.02. The Bertz CT molecular complexity index is 457. The summed E-state index contributed by atoms with van der Waals surface area (Å²) in [5, 5.41) is 8.96. The Labute approximate surface area is 117 Å². The number of hydrogen-bond donors (Lipinski definition) is 0. The van der Waals surface area contributed by atoms with Gasteiger partial charge in [0.05, 0.1) is 5.75 Å². The molecule has 1 amide bonds. The molecule has 1 aliphatic heterocycles. The van der Waals surface area contributed by atoms with E-state index in [1.807, 2.05) is 4.90 Å². The first-order valence-electron chi connectivity index (χ1n) is 7.04. The summed E-state index contributed by atoms with van der Waals surface area (Å²) in [7, 11) is 0. The molecule has 1 aromatic rings. The summed E-state index contributed by atoms with van der Waals surface area (Å²) >= 11 is 1.52. The first kappa shape index (κ1) is 13.0. The van der Waals surface area contributed by atoms with Crippen LogP contribution in [0.4, 0.5) is 0 Å². The number of rotatable bonds is 4. The summed E-state index contributed by atoms with van der Waals surface area (Å²) in [6.45, 7) is 4.05. The summed E-state index contributed by atoms with van der Waals surface area (Å²) in [6.07, 6.45) is 6.59. The van der Waals surface area contributed by atoms with Crippen molar-refractivity contribution in [1.29, 1.82) is 0 Å². The van der Waals surface area contributed by atoms with Crippen molar-refractivity contribution in [2.75, 3.05) is 18.8 Å². The minimum absolute atomic E-state index is 0.238. The van der Waals surface area contributed by atoms with Gasteiger partial charge < -0.3 is 9.47 Å². The van der Waals surface area contributed by atoms with Crippen molar-refractivity contribution in [2.24, 2.45) is 5.92 Å². The van der Waals surface area contributed by atoms with Crippen molar-refractivity contribution in [3.8, 4) is 0 Å². The van der Waals surface area contributed by atoms with Crippen molar-refractivity contribution in [1.82, 2.24) is 19.7 Å². The molecule has 104 valence electrons. The van der Waals surface area contributed by atoms with Gasteiger partial charge in [-0.05, 0) is 31.6 Å². The van der Waals surface area contributed by atoms with Gasteiger partial charge in [0.2, 0.25) is 5.91 Å². The molecule has 1 aromatic heterocycles. The fraction of sp³-hybridized carbons (Fsp3) is 0.769. The normalized spacial score (nSPS) is 23.6. The van der Waals surface area contributed by atoms with Crippen LogP contribution in [-0.4, -0.2) is 44.4 Å². The third-order valence-corrected chi connectivity index (χ3v) is 4.76. The van der Waals surface area contributed by atoms with Crippen LogP contribution in [-0.2, 0) is 4.79 Å². The lowest BCUT2D eigenvalue weighted by atomic mass is 10.0. The Morgan fingerprint density at radius 3 is 3.05 bits per heavy atom. The quantitative estimate of drug-likeness (QED) is 0.791. The van der Waals surface area contributed by atoms with Crippen LogP contribution in [0.25, 0.3) is 0 Å². The molecule has 0 aromatic carbocycles. The molecule has 1 aliphatic carbocycles. The van der Waals surface area contributed by atoms with E-state index in [0.29, 0.717) is 17.7 Å². The highest BCUT2D eigenvalue weighted by Crippen LogP contribution is 2.37. The molecular weight excluding hydrogens is 260 g/mol. The number of thioether (sulfide) groups is 1. The fourth-order valence-corrected chi connectivity index (χ4v) is 3.46. The number of carbonyl (C=O) groups excluding carboxylic acids is 1. The van der Waals surface area contributed by atoms with E-state index in [1.165, 1.54) is 31.0 Å². The monoisotopic (exact) mass is 280 g/mol. The molecule has 0 radical (unpaired) electrons. The second kappa shape index (κ2) is 5.53. The van der Waals surface area contributed by atoms with Gasteiger partial charge in [0.15, 0.2) is 5.16 Å². The zero-order valence-electron chi connectivity index (χ0n) is 11.3. The lowest BCUT2D eigenvalue weighted by Crippen LogP contribution is -2.40. The van der Waals surface area contributed by atoms with Crippen LogP contribution in [0.15, 0.2) is 11.5 Å². The third-order valence-electron chi connectivity index (χ3n) is 3.81. The van der Waals surface area contributed by atoms with Gasteiger partial charge in [-0.2, -0.15) is 0 Å². The largest absolute Gasteiger partial charge is 0.342 e. The van der Waals surface area contributed by atoms with Crippen LogP contribution in [0.2, 0.25) is 0 Å². The van der Waals surface area contributed by atoms with Gasteiger partial charge in [0.25, 0.3) is 0 Å². The van der Waals surface area contributed by atoms with Gasteiger partial charge in [-0.15, -0.1) is 10.2 Å². The molecular formula is C13H20N4OS. The van der Waals surface area contributed by atoms with Crippen LogP contribution in [0.5, 0.6) is 0 Å². The van der Waals surface area contributed by atoms with Crippen LogP contribution in [0, 0.1) is 5.92 Å². The molecule has 5 nitrogen and oxygen atoms in total. The average molecular weight is 280 g/mol. The van der Waals surface area contributed by atoms with Crippen LogP contribution < -0.4 is 0 Å². The molecule has 19 heavy (non-hydrogen) atoms. The zero-order chi connectivity index (χ0) is 13.2. The molecule has 3 rings (SSSR count). The minimum Gasteiger partial charge on any atom is -0.342 e. The van der Waals surface area contributed by atoms with Crippen LogP contribution in [0.3, 0.4) is 0 Å². The van der Waals surface area contributed by atoms with Crippen molar-refractivity contribution in [3.05, 3.63) is 6.33 Å². The Hall–Kier alpha value is -1.04. The summed E-state index contributed by atoms with van der Waals surface area (Å²) in [4.78, 5) is 14.2. The van der Waals surface area contributed by atoms with Crippen molar-refractivity contribution in [2.45, 2.75) is 43.8 Å². The van der Waals surface area contributed by atoms with Crippen molar-refractivity contribution >= 4 is 17.7 Å². The molecule has 2 fully saturated rings. The summed E-state index contributed by atoms with van der Waals surface area (Å²) < 4.78 is 2.11. The van der Waals surface area contributed by atoms with Gasteiger partial charge in [-0.25, -0.2) is 0 Å². The molecule has 1 atom stereocenters. The SMILES string of the molecule is CC1CCCN(C(=O)CSc2nncn2C2CC2)C1. The third kappa shape index (κ3) is 3.11. The predicted octanol–water partition coefficient (Wildman–Crippen LogP) is 1.96. The smallest absolute Gasteiger partial charge is 0.233 e. The summed E-state index contributed by atoms with van der Waals surface area (Å²) in [5.41, 5.74) is 0. The Balaban J connectivity index is 1.53. The van der Waals surface area contributed by atoms with Crippen LogP contribution >= 0.6 is 11.8 Å². The van der Waals surface area contributed by atoms with Gasteiger partial charge in [0, 0.05) is 19.1 Å². The topological polar surface area (TPSA) is 51.0 Å².